The zero-order valence-corrected chi connectivity index (χ0v) is 17.3. The Morgan fingerprint density at radius 1 is 0.893 bits per heavy atom. The number of benzene rings is 2. The molecule has 150 valence electrons. The lowest BCUT2D eigenvalue weighted by Gasteiger charge is -2.36. The van der Waals surface area contributed by atoms with E-state index < -0.39 is 0 Å². The highest BCUT2D eigenvalue weighted by molar-refractivity contribution is 5.77. The number of hydrogen-bond acceptors (Lipinski definition) is 4. The van der Waals surface area contributed by atoms with Gasteiger partial charge in [0.2, 0.25) is 5.91 Å². The van der Waals surface area contributed by atoms with Gasteiger partial charge in [-0.1, -0.05) is 12.1 Å². The van der Waals surface area contributed by atoms with Gasteiger partial charge in [-0.2, -0.15) is 0 Å². The first-order valence-corrected chi connectivity index (χ1v) is 9.82. The van der Waals surface area contributed by atoms with Gasteiger partial charge in [-0.05, 0) is 61.2 Å². The molecule has 1 saturated heterocycles. The first-order chi connectivity index (χ1) is 13.5. The predicted octanol–water partition coefficient (Wildman–Crippen LogP) is 3.60. The molecule has 3 rings (SSSR count). The minimum absolute atomic E-state index is 0.217. The molecule has 0 bridgehead atoms. The summed E-state index contributed by atoms with van der Waals surface area (Å²) in [5.74, 6) is 1.63. The van der Waals surface area contributed by atoms with E-state index in [0.717, 1.165) is 31.7 Å². The van der Waals surface area contributed by atoms with E-state index in [0.29, 0.717) is 24.3 Å². The minimum Gasteiger partial charge on any atom is -0.493 e. The standard InChI is InChI=1S/C23H30N2O3/c1-17-5-8-20(15-18(17)2)24-11-13-25(14-12-24)23(26)10-7-19-6-9-21(27-3)22(16-19)28-4/h5-6,8-9,15-16H,7,10-14H2,1-4H3. The number of amides is 1. The van der Waals surface area contributed by atoms with Gasteiger partial charge in [0.15, 0.2) is 11.5 Å². The summed E-state index contributed by atoms with van der Waals surface area (Å²) in [4.78, 5) is 17.0. The van der Waals surface area contributed by atoms with E-state index in [1.54, 1.807) is 14.2 Å². The lowest BCUT2D eigenvalue weighted by molar-refractivity contribution is -0.131. The molecule has 5 heteroatoms. The second-order valence-corrected chi connectivity index (χ2v) is 7.33. The van der Waals surface area contributed by atoms with Gasteiger partial charge in [0.1, 0.15) is 0 Å². The Kier molecular flexibility index (Phi) is 6.45. The van der Waals surface area contributed by atoms with Crippen molar-refractivity contribution in [2.24, 2.45) is 0 Å². The summed E-state index contributed by atoms with van der Waals surface area (Å²) in [6, 6.07) is 12.4. The topological polar surface area (TPSA) is 42.0 Å². The van der Waals surface area contributed by atoms with Crippen LogP contribution in [0.2, 0.25) is 0 Å². The fourth-order valence-corrected chi connectivity index (χ4v) is 3.58. The van der Waals surface area contributed by atoms with Crippen molar-refractivity contribution in [1.29, 1.82) is 0 Å². The molecule has 1 fully saturated rings. The number of nitrogens with zero attached hydrogens (tertiary/aromatic N) is 2. The van der Waals surface area contributed by atoms with Crippen LogP contribution in [0.1, 0.15) is 23.1 Å². The molecule has 1 aliphatic heterocycles. The molecular weight excluding hydrogens is 352 g/mol. The molecular formula is C23H30N2O3. The molecule has 2 aromatic carbocycles. The fourth-order valence-electron chi connectivity index (χ4n) is 3.58. The zero-order valence-electron chi connectivity index (χ0n) is 17.3. The largest absolute Gasteiger partial charge is 0.493 e. The summed E-state index contributed by atoms with van der Waals surface area (Å²) in [6.07, 6.45) is 1.22. The van der Waals surface area contributed by atoms with Gasteiger partial charge in [0.05, 0.1) is 14.2 Å². The number of anilines is 1. The summed E-state index contributed by atoms with van der Waals surface area (Å²) in [5.41, 5.74) is 4.96. The number of hydrogen-bond donors (Lipinski definition) is 0. The summed E-state index contributed by atoms with van der Waals surface area (Å²) in [6.45, 7) is 7.59. The first kappa shape index (κ1) is 20.1. The summed E-state index contributed by atoms with van der Waals surface area (Å²) < 4.78 is 10.6. The number of carbonyl (C=O) groups excluding carboxylic acids is 1. The monoisotopic (exact) mass is 382 g/mol. The normalized spacial score (nSPS) is 14.1. The molecule has 0 spiro atoms. The second-order valence-electron chi connectivity index (χ2n) is 7.33. The Bertz CT molecular complexity index is 827. The molecule has 1 aliphatic rings. The lowest BCUT2D eigenvalue weighted by atomic mass is 10.1. The van der Waals surface area contributed by atoms with Crippen molar-refractivity contribution in [3.05, 3.63) is 53.1 Å². The predicted molar refractivity (Wildman–Crippen MR) is 113 cm³/mol. The number of carbonyl (C=O) groups is 1. The van der Waals surface area contributed by atoms with Gasteiger partial charge < -0.3 is 19.3 Å². The molecule has 1 heterocycles. The maximum atomic E-state index is 12.6. The molecule has 5 nitrogen and oxygen atoms in total. The van der Waals surface area contributed by atoms with Gasteiger partial charge in [0.25, 0.3) is 0 Å². The van der Waals surface area contributed by atoms with Crippen LogP contribution in [-0.2, 0) is 11.2 Å². The summed E-state index contributed by atoms with van der Waals surface area (Å²) in [7, 11) is 3.25. The van der Waals surface area contributed by atoms with E-state index >= 15 is 0 Å². The van der Waals surface area contributed by atoms with Gasteiger partial charge in [-0.15, -0.1) is 0 Å². The average molecular weight is 383 g/mol. The third kappa shape index (κ3) is 4.58. The Morgan fingerprint density at radius 3 is 2.25 bits per heavy atom. The van der Waals surface area contributed by atoms with Crippen molar-refractivity contribution in [3.63, 3.8) is 0 Å². The van der Waals surface area contributed by atoms with Crippen LogP contribution in [0.3, 0.4) is 0 Å². The van der Waals surface area contributed by atoms with Crippen molar-refractivity contribution in [2.75, 3.05) is 45.3 Å². The average Bonchev–Trinajstić information content (AvgIpc) is 2.73. The number of aryl methyl sites for hydroxylation is 3. The van der Waals surface area contributed by atoms with Crippen LogP contribution in [0.15, 0.2) is 36.4 Å². The smallest absolute Gasteiger partial charge is 0.223 e. The fraction of sp³-hybridized carbons (Fsp3) is 0.435. The van der Waals surface area contributed by atoms with Gasteiger partial charge >= 0.3 is 0 Å². The summed E-state index contributed by atoms with van der Waals surface area (Å²) in [5, 5.41) is 0. The minimum atomic E-state index is 0.217. The van der Waals surface area contributed by atoms with Gasteiger partial charge in [0, 0.05) is 38.3 Å². The van der Waals surface area contributed by atoms with E-state index in [1.807, 2.05) is 23.1 Å². The molecule has 0 atom stereocenters. The van der Waals surface area contributed by atoms with Crippen molar-refractivity contribution in [2.45, 2.75) is 26.7 Å². The van der Waals surface area contributed by atoms with Crippen LogP contribution in [0.25, 0.3) is 0 Å². The maximum absolute atomic E-state index is 12.6. The van der Waals surface area contributed by atoms with Crippen molar-refractivity contribution in [3.8, 4) is 11.5 Å². The van der Waals surface area contributed by atoms with Crippen molar-refractivity contribution >= 4 is 11.6 Å². The SMILES string of the molecule is COc1ccc(CCC(=O)N2CCN(c3ccc(C)c(C)c3)CC2)cc1OC. The molecule has 1 amide bonds. The highest BCUT2D eigenvalue weighted by Crippen LogP contribution is 2.28. The Labute approximate surface area is 167 Å². The Hall–Kier alpha value is -2.69. The van der Waals surface area contributed by atoms with Gasteiger partial charge in [-0.25, -0.2) is 0 Å². The van der Waals surface area contributed by atoms with Crippen LogP contribution in [0.5, 0.6) is 11.5 Å². The molecule has 0 aliphatic carbocycles. The molecule has 28 heavy (non-hydrogen) atoms. The lowest BCUT2D eigenvalue weighted by Crippen LogP contribution is -2.48. The molecule has 2 aromatic rings. The van der Waals surface area contributed by atoms with E-state index in [1.165, 1.54) is 16.8 Å². The Balaban J connectivity index is 1.52. The van der Waals surface area contributed by atoms with Crippen LogP contribution in [0.4, 0.5) is 5.69 Å². The van der Waals surface area contributed by atoms with Crippen LogP contribution >= 0.6 is 0 Å². The van der Waals surface area contributed by atoms with Gasteiger partial charge in [-0.3, -0.25) is 4.79 Å². The van der Waals surface area contributed by atoms with Crippen molar-refractivity contribution in [1.82, 2.24) is 4.90 Å². The quantitative estimate of drug-likeness (QED) is 0.766. The van der Waals surface area contributed by atoms with Crippen LogP contribution < -0.4 is 14.4 Å². The molecule has 0 N–H and O–H groups in total. The molecule has 0 saturated carbocycles. The molecule has 0 unspecified atom stereocenters. The first-order valence-electron chi connectivity index (χ1n) is 9.82. The van der Waals surface area contributed by atoms with E-state index in [4.69, 9.17) is 9.47 Å². The van der Waals surface area contributed by atoms with E-state index in [-0.39, 0.29) is 5.91 Å². The van der Waals surface area contributed by atoms with Crippen LogP contribution in [0, 0.1) is 13.8 Å². The number of piperazine rings is 1. The third-order valence-electron chi connectivity index (χ3n) is 5.56. The highest BCUT2D eigenvalue weighted by atomic mass is 16.5. The molecule has 0 aromatic heterocycles. The number of methoxy groups -OCH3 is 2. The Morgan fingerprint density at radius 2 is 1.61 bits per heavy atom. The zero-order chi connectivity index (χ0) is 20.1. The highest BCUT2D eigenvalue weighted by Gasteiger charge is 2.21. The van der Waals surface area contributed by atoms with E-state index in [9.17, 15) is 4.79 Å². The van der Waals surface area contributed by atoms with Crippen LogP contribution in [-0.4, -0.2) is 51.2 Å². The third-order valence-corrected chi connectivity index (χ3v) is 5.56. The van der Waals surface area contributed by atoms with E-state index in [2.05, 4.69) is 36.9 Å². The maximum Gasteiger partial charge on any atom is 0.223 e. The summed E-state index contributed by atoms with van der Waals surface area (Å²) >= 11 is 0. The number of ether oxygens (including phenoxy) is 2. The van der Waals surface area contributed by atoms with Crippen molar-refractivity contribution < 1.29 is 14.3 Å². The molecule has 0 radical (unpaired) electrons. The number of rotatable bonds is 6. The second kappa shape index (κ2) is 9.00.